The molecule has 94 valence electrons. The van der Waals surface area contributed by atoms with Crippen molar-refractivity contribution in [2.24, 2.45) is 5.73 Å². The number of carbonyl (C=O) groups is 1. The maximum Gasteiger partial charge on any atom is 0.324 e. The van der Waals surface area contributed by atoms with Crippen LogP contribution in [0.25, 0.3) is 0 Å². The van der Waals surface area contributed by atoms with Crippen LogP contribution in [0, 0.1) is 0 Å². The molecule has 0 saturated carbocycles. The SMILES string of the molecule is CCCOc1ccc(OCC(N)C(=O)O)cc1. The van der Waals surface area contributed by atoms with Crippen LogP contribution in [0.1, 0.15) is 13.3 Å². The summed E-state index contributed by atoms with van der Waals surface area (Å²) >= 11 is 0. The van der Waals surface area contributed by atoms with Crippen LogP contribution in [0.15, 0.2) is 24.3 Å². The Morgan fingerprint density at radius 1 is 1.29 bits per heavy atom. The van der Waals surface area contributed by atoms with E-state index in [0.717, 1.165) is 12.2 Å². The molecule has 0 fully saturated rings. The lowest BCUT2D eigenvalue weighted by Gasteiger charge is -2.10. The van der Waals surface area contributed by atoms with E-state index in [-0.39, 0.29) is 6.61 Å². The highest BCUT2D eigenvalue weighted by Crippen LogP contribution is 2.17. The van der Waals surface area contributed by atoms with Gasteiger partial charge in [0.15, 0.2) is 0 Å². The first kappa shape index (κ1) is 13.3. The molecule has 5 nitrogen and oxygen atoms in total. The third kappa shape index (κ3) is 4.74. The number of rotatable bonds is 7. The monoisotopic (exact) mass is 239 g/mol. The number of ether oxygens (including phenoxy) is 2. The van der Waals surface area contributed by atoms with Crippen molar-refractivity contribution < 1.29 is 19.4 Å². The molecular formula is C12H17NO4. The Morgan fingerprint density at radius 2 is 1.82 bits per heavy atom. The Kier molecular flexibility index (Phi) is 5.29. The van der Waals surface area contributed by atoms with Gasteiger partial charge >= 0.3 is 5.97 Å². The molecule has 0 heterocycles. The second kappa shape index (κ2) is 6.75. The topological polar surface area (TPSA) is 81.8 Å². The molecule has 3 N–H and O–H groups in total. The zero-order chi connectivity index (χ0) is 12.7. The zero-order valence-electron chi connectivity index (χ0n) is 9.76. The average Bonchev–Trinajstić information content (AvgIpc) is 2.34. The van der Waals surface area contributed by atoms with Crippen molar-refractivity contribution in [1.29, 1.82) is 0 Å². The van der Waals surface area contributed by atoms with Crippen molar-refractivity contribution in [2.45, 2.75) is 19.4 Å². The van der Waals surface area contributed by atoms with Gasteiger partial charge in [0.1, 0.15) is 24.1 Å². The summed E-state index contributed by atoms with van der Waals surface area (Å²) in [6.45, 7) is 2.65. The number of hydrogen-bond donors (Lipinski definition) is 2. The molecule has 0 spiro atoms. The van der Waals surface area contributed by atoms with Gasteiger partial charge in [-0.25, -0.2) is 0 Å². The van der Waals surface area contributed by atoms with Gasteiger partial charge in [0.2, 0.25) is 0 Å². The highest BCUT2D eigenvalue weighted by Gasteiger charge is 2.11. The first-order valence-corrected chi connectivity index (χ1v) is 5.47. The van der Waals surface area contributed by atoms with Crippen LogP contribution in [0.5, 0.6) is 11.5 Å². The molecular weight excluding hydrogens is 222 g/mol. The van der Waals surface area contributed by atoms with Gasteiger partial charge < -0.3 is 20.3 Å². The number of carboxylic acid groups (broad SMARTS) is 1. The van der Waals surface area contributed by atoms with E-state index in [1.807, 2.05) is 6.92 Å². The third-order valence-corrected chi connectivity index (χ3v) is 2.04. The first-order valence-electron chi connectivity index (χ1n) is 5.47. The van der Waals surface area contributed by atoms with Gasteiger partial charge in [-0.05, 0) is 30.7 Å². The summed E-state index contributed by atoms with van der Waals surface area (Å²) < 4.78 is 10.6. The number of carboxylic acids is 1. The van der Waals surface area contributed by atoms with Crippen molar-refractivity contribution in [3.8, 4) is 11.5 Å². The van der Waals surface area contributed by atoms with Crippen LogP contribution in [0.3, 0.4) is 0 Å². The van der Waals surface area contributed by atoms with Crippen molar-refractivity contribution in [1.82, 2.24) is 0 Å². The number of hydrogen-bond acceptors (Lipinski definition) is 4. The Balaban J connectivity index is 2.42. The summed E-state index contributed by atoms with van der Waals surface area (Å²) in [6, 6.07) is 5.99. The zero-order valence-corrected chi connectivity index (χ0v) is 9.76. The van der Waals surface area contributed by atoms with Gasteiger partial charge in [0.05, 0.1) is 6.61 Å². The van der Waals surface area contributed by atoms with Gasteiger partial charge in [0.25, 0.3) is 0 Å². The van der Waals surface area contributed by atoms with E-state index in [9.17, 15) is 4.79 Å². The Morgan fingerprint density at radius 3 is 2.29 bits per heavy atom. The first-order chi connectivity index (χ1) is 8.13. The highest BCUT2D eigenvalue weighted by molar-refractivity contribution is 5.73. The summed E-state index contributed by atoms with van der Waals surface area (Å²) in [5.41, 5.74) is 5.31. The van der Waals surface area contributed by atoms with E-state index in [1.54, 1.807) is 24.3 Å². The smallest absolute Gasteiger partial charge is 0.324 e. The van der Waals surface area contributed by atoms with Crippen molar-refractivity contribution >= 4 is 5.97 Å². The minimum absolute atomic E-state index is 0.0511. The molecule has 0 saturated heterocycles. The fourth-order valence-corrected chi connectivity index (χ4v) is 1.11. The molecule has 1 aromatic rings. The summed E-state index contributed by atoms with van der Waals surface area (Å²) in [7, 11) is 0. The molecule has 1 aromatic carbocycles. The van der Waals surface area contributed by atoms with Crippen LogP contribution >= 0.6 is 0 Å². The van der Waals surface area contributed by atoms with E-state index >= 15 is 0 Å². The number of nitrogens with two attached hydrogens (primary N) is 1. The van der Waals surface area contributed by atoms with E-state index in [0.29, 0.717) is 12.4 Å². The van der Waals surface area contributed by atoms with Gasteiger partial charge in [-0.2, -0.15) is 0 Å². The Hall–Kier alpha value is -1.75. The maximum atomic E-state index is 10.5. The summed E-state index contributed by atoms with van der Waals surface area (Å²) in [5.74, 6) is 0.264. The molecule has 0 aliphatic carbocycles. The van der Waals surface area contributed by atoms with Crippen molar-refractivity contribution in [2.75, 3.05) is 13.2 Å². The fraction of sp³-hybridized carbons (Fsp3) is 0.417. The molecule has 0 aliphatic heterocycles. The summed E-state index contributed by atoms with van der Waals surface area (Å²) in [4.78, 5) is 10.5. The molecule has 5 heteroatoms. The molecule has 17 heavy (non-hydrogen) atoms. The second-order valence-corrected chi connectivity index (χ2v) is 3.58. The molecule has 0 amide bonds. The normalized spacial score (nSPS) is 11.9. The van der Waals surface area contributed by atoms with Gasteiger partial charge in [0, 0.05) is 0 Å². The molecule has 0 aliphatic rings. The Labute approximate surface area is 100 Å². The lowest BCUT2D eigenvalue weighted by Crippen LogP contribution is -2.36. The largest absolute Gasteiger partial charge is 0.494 e. The minimum Gasteiger partial charge on any atom is -0.494 e. The van der Waals surface area contributed by atoms with Crippen LogP contribution < -0.4 is 15.2 Å². The third-order valence-electron chi connectivity index (χ3n) is 2.04. The van der Waals surface area contributed by atoms with E-state index in [4.69, 9.17) is 20.3 Å². The van der Waals surface area contributed by atoms with Crippen LogP contribution in [-0.2, 0) is 4.79 Å². The molecule has 0 bridgehead atoms. The Bertz CT molecular complexity index is 350. The van der Waals surface area contributed by atoms with E-state index in [2.05, 4.69) is 0 Å². The average molecular weight is 239 g/mol. The summed E-state index contributed by atoms with van der Waals surface area (Å²) in [6.07, 6.45) is 0.950. The van der Waals surface area contributed by atoms with Crippen LogP contribution in [0.4, 0.5) is 0 Å². The molecule has 1 rings (SSSR count). The minimum atomic E-state index is -1.08. The predicted molar refractivity (Wildman–Crippen MR) is 63.3 cm³/mol. The molecule has 0 radical (unpaired) electrons. The lowest BCUT2D eigenvalue weighted by atomic mass is 10.3. The second-order valence-electron chi connectivity index (χ2n) is 3.58. The number of benzene rings is 1. The van der Waals surface area contributed by atoms with Crippen LogP contribution in [-0.4, -0.2) is 30.3 Å². The van der Waals surface area contributed by atoms with Gasteiger partial charge in [-0.15, -0.1) is 0 Å². The van der Waals surface area contributed by atoms with Crippen LogP contribution in [0.2, 0.25) is 0 Å². The van der Waals surface area contributed by atoms with Crippen molar-refractivity contribution in [3.63, 3.8) is 0 Å². The standard InChI is InChI=1S/C12H17NO4/c1-2-7-16-9-3-5-10(6-4-9)17-8-11(13)12(14)15/h3-6,11H,2,7-8,13H2,1H3,(H,14,15). The van der Waals surface area contributed by atoms with Gasteiger partial charge in [-0.1, -0.05) is 6.92 Å². The molecule has 1 unspecified atom stereocenters. The van der Waals surface area contributed by atoms with Gasteiger partial charge in [-0.3, -0.25) is 4.79 Å². The van der Waals surface area contributed by atoms with E-state index < -0.39 is 12.0 Å². The maximum absolute atomic E-state index is 10.5. The fourth-order valence-electron chi connectivity index (χ4n) is 1.11. The number of aliphatic carboxylic acids is 1. The quantitative estimate of drug-likeness (QED) is 0.748. The lowest BCUT2D eigenvalue weighted by molar-refractivity contribution is -0.139. The van der Waals surface area contributed by atoms with Crippen molar-refractivity contribution in [3.05, 3.63) is 24.3 Å². The summed E-state index contributed by atoms with van der Waals surface area (Å²) in [5, 5.41) is 8.58. The van der Waals surface area contributed by atoms with E-state index in [1.165, 1.54) is 0 Å². The predicted octanol–water partition coefficient (Wildman–Crippen LogP) is 1.27. The molecule has 1 atom stereocenters. The molecule has 0 aromatic heterocycles. The highest BCUT2D eigenvalue weighted by atomic mass is 16.5.